The van der Waals surface area contributed by atoms with Gasteiger partial charge in [-0.05, 0) is 31.0 Å². The van der Waals surface area contributed by atoms with Crippen molar-refractivity contribution < 1.29 is 4.74 Å². The molecule has 1 aromatic carbocycles. The van der Waals surface area contributed by atoms with Crippen LogP contribution in [0.2, 0.25) is 0 Å². The Morgan fingerprint density at radius 3 is 2.94 bits per heavy atom. The first-order valence-corrected chi connectivity index (χ1v) is 5.85. The van der Waals surface area contributed by atoms with Gasteiger partial charge in [-0.15, -0.1) is 0 Å². The summed E-state index contributed by atoms with van der Waals surface area (Å²) in [5.74, 6) is 0.915. The van der Waals surface area contributed by atoms with Crippen LogP contribution in [0.1, 0.15) is 19.3 Å². The summed E-state index contributed by atoms with van der Waals surface area (Å²) in [6.45, 7) is 0.957. The molecule has 0 radical (unpaired) electrons. The minimum absolute atomic E-state index is 0.641. The highest BCUT2D eigenvalue weighted by Crippen LogP contribution is 2.26. The van der Waals surface area contributed by atoms with Gasteiger partial charge in [0.05, 0.1) is 18.7 Å². The molecule has 0 aliphatic rings. The van der Waals surface area contributed by atoms with Crippen molar-refractivity contribution in [3.05, 3.63) is 30.5 Å². The Morgan fingerprint density at radius 1 is 1.29 bits per heavy atom. The molecule has 0 saturated heterocycles. The van der Waals surface area contributed by atoms with E-state index in [0.717, 1.165) is 30.5 Å². The Hall–Kier alpha value is -1.95. The van der Waals surface area contributed by atoms with Crippen LogP contribution in [0.3, 0.4) is 0 Å². The van der Waals surface area contributed by atoms with Gasteiger partial charge in [0, 0.05) is 24.5 Å². The van der Waals surface area contributed by atoms with E-state index in [4.69, 9.17) is 10.00 Å². The molecule has 1 heterocycles. The van der Waals surface area contributed by atoms with Gasteiger partial charge in [0.1, 0.15) is 5.75 Å². The van der Waals surface area contributed by atoms with Crippen LogP contribution in [0.15, 0.2) is 30.5 Å². The molecule has 17 heavy (non-hydrogen) atoms. The molecule has 88 valence electrons. The number of ether oxygens (including phenoxy) is 1. The molecule has 3 heteroatoms. The fourth-order valence-corrected chi connectivity index (χ4v) is 2.05. The summed E-state index contributed by atoms with van der Waals surface area (Å²) >= 11 is 0. The van der Waals surface area contributed by atoms with Gasteiger partial charge < -0.3 is 9.30 Å². The zero-order valence-electron chi connectivity index (χ0n) is 10.0. The summed E-state index contributed by atoms with van der Waals surface area (Å²) in [4.78, 5) is 0. The molecule has 2 rings (SSSR count). The van der Waals surface area contributed by atoms with E-state index in [2.05, 4.69) is 29.0 Å². The first kappa shape index (κ1) is 11.5. The maximum atomic E-state index is 8.49. The standard InChI is InChI=1S/C14H16N2O/c1-17-14-7-5-6-13-12(14)8-11-16(13)10-4-2-3-9-15/h5-8,11H,2-4,10H2,1H3. The van der Waals surface area contributed by atoms with Crippen molar-refractivity contribution in [2.45, 2.75) is 25.8 Å². The van der Waals surface area contributed by atoms with Gasteiger partial charge in [-0.2, -0.15) is 5.26 Å². The molecule has 0 unspecified atom stereocenters. The van der Waals surface area contributed by atoms with Crippen molar-refractivity contribution in [1.29, 1.82) is 5.26 Å². The second-order valence-corrected chi connectivity index (χ2v) is 4.02. The lowest BCUT2D eigenvalue weighted by Gasteiger charge is -2.06. The SMILES string of the molecule is COc1cccc2c1ccn2CCCCC#N. The molecule has 0 aliphatic heterocycles. The Balaban J connectivity index is 2.16. The van der Waals surface area contributed by atoms with Gasteiger partial charge in [0.2, 0.25) is 0 Å². The van der Waals surface area contributed by atoms with Crippen molar-refractivity contribution in [3.8, 4) is 11.8 Å². The predicted octanol–water partition coefficient (Wildman–Crippen LogP) is 3.34. The van der Waals surface area contributed by atoms with Gasteiger partial charge in [0.25, 0.3) is 0 Å². The minimum atomic E-state index is 0.641. The molecular weight excluding hydrogens is 212 g/mol. The highest BCUT2D eigenvalue weighted by atomic mass is 16.5. The number of hydrogen-bond acceptors (Lipinski definition) is 2. The van der Waals surface area contributed by atoms with E-state index in [1.54, 1.807) is 7.11 Å². The molecule has 0 bridgehead atoms. The summed E-state index contributed by atoms with van der Waals surface area (Å²) in [5, 5.41) is 9.64. The molecule has 0 fully saturated rings. The number of benzene rings is 1. The third-order valence-corrected chi connectivity index (χ3v) is 2.93. The Bertz CT molecular complexity index is 537. The highest BCUT2D eigenvalue weighted by molar-refractivity contribution is 5.86. The number of aromatic nitrogens is 1. The fourth-order valence-electron chi connectivity index (χ4n) is 2.05. The second kappa shape index (κ2) is 5.40. The molecule has 0 aliphatic carbocycles. The zero-order chi connectivity index (χ0) is 12.1. The van der Waals surface area contributed by atoms with Crippen LogP contribution >= 0.6 is 0 Å². The van der Waals surface area contributed by atoms with Gasteiger partial charge in [-0.1, -0.05) is 6.07 Å². The largest absolute Gasteiger partial charge is 0.496 e. The van der Waals surface area contributed by atoms with Crippen LogP contribution in [0.4, 0.5) is 0 Å². The lowest BCUT2D eigenvalue weighted by Crippen LogP contribution is -1.95. The molecule has 2 aromatic rings. The fraction of sp³-hybridized carbons (Fsp3) is 0.357. The highest BCUT2D eigenvalue weighted by Gasteiger charge is 2.04. The van der Waals surface area contributed by atoms with E-state index in [1.165, 1.54) is 5.52 Å². The molecule has 3 nitrogen and oxygen atoms in total. The summed E-state index contributed by atoms with van der Waals surface area (Å²) < 4.78 is 7.54. The Morgan fingerprint density at radius 2 is 2.18 bits per heavy atom. The number of methoxy groups -OCH3 is 1. The van der Waals surface area contributed by atoms with Gasteiger partial charge >= 0.3 is 0 Å². The number of aryl methyl sites for hydroxylation is 1. The average Bonchev–Trinajstić information content (AvgIpc) is 2.78. The van der Waals surface area contributed by atoms with Crippen LogP contribution in [-0.2, 0) is 6.54 Å². The Kier molecular flexibility index (Phi) is 3.66. The third-order valence-electron chi connectivity index (χ3n) is 2.93. The second-order valence-electron chi connectivity index (χ2n) is 4.02. The lowest BCUT2D eigenvalue weighted by molar-refractivity contribution is 0.420. The van der Waals surface area contributed by atoms with E-state index in [-0.39, 0.29) is 0 Å². The summed E-state index contributed by atoms with van der Waals surface area (Å²) in [5.41, 5.74) is 1.20. The molecule has 0 N–H and O–H groups in total. The maximum Gasteiger partial charge on any atom is 0.128 e. The number of rotatable bonds is 5. The molecule has 0 atom stereocenters. The number of nitrogens with zero attached hydrogens (tertiary/aromatic N) is 2. The molecule has 0 amide bonds. The van der Waals surface area contributed by atoms with Crippen molar-refractivity contribution in [2.75, 3.05) is 7.11 Å². The van der Waals surface area contributed by atoms with Crippen molar-refractivity contribution >= 4 is 10.9 Å². The van der Waals surface area contributed by atoms with Gasteiger partial charge in [-0.25, -0.2) is 0 Å². The van der Waals surface area contributed by atoms with E-state index in [0.29, 0.717) is 6.42 Å². The smallest absolute Gasteiger partial charge is 0.128 e. The third kappa shape index (κ3) is 2.42. The maximum absolute atomic E-state index is 8.49. The first-order chi connectivity index (χ1) is 8.36. The number of unbranched alkanes of at least 4 members (excludes halogenated alkanes) is 2. The molecule has 0 spiro atoms. The number of nitriles is 1. The van der Waals surface area contributed by atoms with Crippen molar-refractivity contribution in [1.82, 2.24) is 4.57 Å². The van der Waals surface area contributed by atoms with Crippen LogP contribution in [0, 0.1) is 11.3 Å². The Labute approximate surface area is 101 Å². The van der Waals surface area contributed by atoms with Crippen LogP contribution < -0.4 is 4.74 Å². The predicted molar refractivity (Wildman–Crippen MR) is 68.0 cm³/mol. The monoisotopic (exact) mass is 228 g/mol. The lowest BCUT2D eigenvalue weighted by atomic mass is 10.2. The summed E-state index contributed by atoms with van der Waals surface area (Å²) in [6.07, 6.45) is 4.72. The van der Waals surface area contributed by atoms with Crippen LogP contribution in [0.25, 0.3) is 10.9 Å². The minimum Gasteiger partial charge on any atom is -0.496 e. The van der Waals surface area contributed by atoms with Gasteiger partial charge in [-0.3, -0.25) is 0 Å². The average molecular weight is 228 g/mol. The first-order valence-electron chi connectivity index (χ1n) is 5.85. The van der Waals surface area contributed by atoms with E-state index in [1.807, 2.05) is 12.1 Å². The zero-order valence-corrected chi connectivity index (χ0v) is 10.0. The van der Waals surface area contributed by atoms with Gasteiger partial charge in [0.15, 0.2) is 0 Å². The van der Waals surface area contributed by atoms with E-state index >= 15 is 0 Å². The van der Waals surface area contributed by atoms with E-state index < -0.39 is 0 Å². The van der Waals surface area contributed by atoms with Crippen molar-refractivity contribution in [2.24, 2.45) is 0 Å². The van der Waals surface area contributed by atoms with Crippen molar-refractivity contribution in [3.63, 3.8) is 0 Å². The quantitative estimate of drug-likeness (QED) is 0.736. The number of hydrogen-bond donors (Lipinski definition) is 0. The molecule has 1 aromatic heterocycles. The molecular formula is C14H16N2O. The summed E-state index contributed by atoms with van der Waals surface area (Å²) in [6, 6.07) is 10.3. The van der Waals surface area contributed by atoms with E-state index in [9.17, 15) is 0 Å². The normalized spacial score (nSPS) is 10.4. The van der Waals surface area contributed by atoms with Crippen LogP contribution in [0.5, 0.6) is 5.75 Å². The topological polar surface area (TPSA) is 38.0 Å². The number of fused-ring (bicyclic) bond motifs is 1. The molecule has 0 saturated carbocycles. The summed E-state index contributed by atoms with van der Waals surface area (Å²) in [7, 11) is 1.69. The van der Waals surface area contributed by atoms with Crippen LogP contribution in [-0.4, -0.2) is 11.7 Å².